The van der Waals surface area contributed by atoms with Gasteiger partial charge in [-0.25, -0.2) is 4.98 Å². The number of carbonyl (C=O) groups excluding carboxylic acids is 2. The number of anilines is 2. The van der Waals surface area contributed by atoms with E-state index >= 15 is 0 Å². The molecule has 0 atom stereocenters. The van der Waals surface area contributed by atoms with Gasteiger partial charge in [0.15, 0.2) is 4.34 Å². The fraction of sp³-hybridized carbons (Fsp3) is 0.190. The van der Waals surface area contributed by atoms with Gasteiger partial charge in [-0.3, -0.25) is 9.59 Å². The molecule has 0 fully saturated rings. The summed E-state index contributed by atoms with van der Waals surface area (Å²) in [6.45, 7) is 2.00. The van der Waals surface area contributed by atoms with Crippen molar-refractivity contribution in [3.63, 3.8) is 0 Å². The molecule has 0 aliphatic carbocycles. The number of nitrogens with zero attached hydrogens (tertiary/aromatic N) is 1. The fourth-order valence-corrected chi connectivity index (χ4v) is 4.15. The van der Waals surface area contributed by atoms with Crippen LogP contribution in [0.3, 0.4) is 0 Å². The number of aromatic nitrogens is 1. The molecule has 3 rings (SSSR count). The molecule has 0 aliphatic rings. The molecule has 3 aromatic rings. The van der Waals surface area contributed by atoms with Crippen molar-refractivity contribution < 1.29 is 14.3 Å². The average Bonchev–Trinajstić information content (AvgIpc) is 3.16. The summed E-state index contributed by atoms with van der Waals surface area (Å²) >= 11 is 2.78. The van der Waals surface area contributed by atoms with Gasteiger partial charge in [-0.1, -0.05) is 41.6 Å². The van der Waals surface area contributed by atoms with E-state index < -0.39 is 0 Å². The summed E-state index contributed by atoms with van der Waals surface area (Å²) in [7, 11) is 1.56. The number of carbonyl (C=O) groups is 2. The van der Waals surface area contributed by atoms with E-state index in [9.17, 15) is 9.59 Å². The molecule has 6 nitrogen and oxygen atoms in total. The van der Waals surface area contributed by atoms with E-state index in [4.69, 9.17) is 4.74 Å². The average molecular weight is 428 g/mol. The van der Waals surface area contributed by atoms with Crippen molar-refractivity contribution in [2.24, 2.45) is 0 Å². The predicted molar refractivity (Wildman–Crippen MR) is 118 cm³/mol. The van der Waals surface area contributed by atoms with Crippen LogP contribution in [0.5, 0.6) is 5.75 Å². The molecule has 2 N–H and O–H groups in total. The molecule has 29 heavy (non-hydrogen) atoms. The Morgan fingerprint density at radius 3 is 2.59 bits per heavy atom. The summed E-state index contributed by atoms with van der Waals surface area (Å²) < 4.78 is 5.99. The highest BCUT2D eigenvalue weighted by molar-refractivity contribution is 8.01. The highest BCUT2D eigenvalue weighted by Crippen LogP contribution is 2.25. The van der Waals surface area contributed by atoms with E-state index in [-0.39, 0.29) is 24.0 Å². The number of benzene rings is 2. The van der Waals surface area contributed by atoms with Crippen LogP contribution in [0.1, 0.15) is 11.3 Å². The number of methoxy groups -OCH3 is 1. The second-order valence-electron chi connectivity index (χ2n) is 6.23. The van der Waals surface area contributed by atoms with Crippen molar-refractivity contribution in [3.05, 3.63) is 65.2 Å². The first-order valence-corrected chi connectivity index (χ1v) is 10.8. The summed E-state index contributed by atoms with van der Waals surface area (Å²) in [6, 6.07) is 14.9. The van der Waals surface area contributed by atoms with Crippen molar-refractivity contribution >= 4 is 46.3 Å². The predicted octanol–water partition coefficient (Wildman–Crippen LogP) is 4.37. The van der Waals surface area contributed by atoms with Crippen LogP contribution < -0.4 is 15.4 Å². The van der Waals surface area contributed by atoms with Crippen LogP contribution >= 0.6 is 23.1 Å². The number of ether oxygens (including phenoxy) is 1. The zero-order valence-electron chi connectivity index (χ0n) is 16.1. The molecule has 0 saturated carbocycles. The number of thioether (sulfide) groups is 1. The maximum atomic E-state index is 12.3. The molecule has 0 bridgehead atoms. The van der Waals surface area contributed by atoms with Crippen molar-refractivity contribution in [1.82, 2.24) is 4.98 Å². The van der Waals surface area contributed by atoms with E-state index in [1.54, 1.807) is 19.2 Å². The van der Waals surface area contributed by atoms with Gasteiger partial charge in [-0.05, 0) is 31.2 Å². The summed E-state index contributed by atoms with van der Waals surface area (Å²) in [5, 5.41) is 7.52. The first kappa shape index (κ1) is 20.9. The Kier molecular flexibility index (Phi) is 7.26. The molecule has 0 unspecified atom stereocenters. The van der Waals surface area contributed by atoms with Crippen LogP contribution in [0.25, 0.3) is 0 Å². The molecular weight excluding hydrogens is 406 g/mol. The maximum Gasteiger partial charge on any atom is 0.234 e. The van der Waals surface area contributed by atoms with E-state index in [2.05, 4.69) is 15.6 Å². The van der Waals surface area contributed by atoms with Crippen molar-refractivity contribution in [3.8, 4) is 5.75 Å². The van der Waals surface area contributed by atoms with Gasteiger partial charge in [0.25, 0.3) is 0 Å². The normalized spacial score (nSPS) is 10.4. The molecule has 0 radical (unpaired) electrons. The number of rotatable bonds is 8. The molecular formula is C21H21N3O3S2. The standard InChI is InChI=1S/C21H21N3O3S2/c1-14-7-9-15(10-8-14)22-20(26)13-29-21-23-16(12-28-21)11-19(25)24-17-5-3-4-6-18(17)27-2/h3-10,12H,11,13H2,1-2H3,(H,22,26)(H,24,25). The number of nitrogens with one attached hydrogen (secondary N) is 2. The number of hydrogen-bond acceptors (Lipinski definition) is 6. The fourth-order valence-electron chi connectivity index (χ4n) is 2.50. The molecule has 2 amide bonds. The third kappa shape index (κ3) is 6.33. The molecule has 0 saturated heterocycles. The smallest absolute Gasteiger partial charge is 0.234 e. The van der Waals surface area contributed by atoms with Crippen molar-refractivity contribution in [2.45, 2.75) is 17.7 Å². The van der Waals surface area contributed by atoms with Crippen molar-refractivity contribution in [2.75, 3.05) is 23.5 Å². The van der Waals surface area contributed by atoms with Gasteiger partial charge < -0.3 is 15.4 Å². The first-order chi connectivity index (χ1) is 14.0. The number of para-hydroxylation sites is 2. The molecule has 150 valence electrons. The second-order valence-corrected chi connectivity index (χ2v) is 8.31. The number of hydrogen-bond donors (Lipinski definition) is 2. The molecule has 1 aromatic heterocycles. The molecule has 8 heteroatoms. The lowest BCUT2D eigenvalue weighted by Gasteiger charge is -2.08. The van der Waals surface area contributed by atoms with E-state index in [0.29, 0.717) is 17.1 Å². The molecule has 0 spiro atoms. The summed E-state index contributed by atoms with van der Waals surface area (Å²) in [6.07, 6.45) is 0.157. The lowest BCUT2D eigenvalue weighted by atomic mass is 10.2. The zero-order chi connectivity index (χ0) is 20.6. The lowest BCUT2D eigenvalue weighted by molar-refractivity contribution is -0.116. The first-order valence-electron chi connectivity index (χ1n) is 8.90. The number of amides is 2. The third-order valence-corrected chi connectivity index (χ3v) is 5.99. The van der Waals surface area contributed by atoms with Crippen molar-refractivity contribution in [1.29, 1.82) is 0 Å². The molecule has 1 heterocycles. The largest absolute Gasteiger partial charge is 0.495 e. The maximum absolute atomic E-state index is 12.3. The zero-order valence-corrected chi connectivity index (χ0v) is 17.7. The second kappa shape index (κ2) is 10.1. The topological polar surface area (TPSA) is 80.3 Å². The molecule has 0 aliphatic heterocycles. The summed E-state index contributed by atoms with van der Waals surface area (Å²) in [4.78, 5) is 28.8. The Bertz CT molecular complexity index is 987. The van der Waals surface area contributed by atoms with Crippen LogP contribution in [0, 0.1) is 6.92 Å². The van der Waals surface area contributed by atoms with E-state index in [1.165, 1.54) is 23.1 Å². The lowest BCUT2D eigenvalue weighted by Crippen LogP contribution is -2.15. The van der Waals surface area contributed by atoms with E-state index in [1.807, 2.05) is 48.7 Å². The minimum absolute atomic E-state index is 0.0930. The Balaban J connectivity index is 1.48. The van der Waals surface area contributed by atoms with Gasteiger partial charge in [-0.15, -0.1) is 11.3 Å². The van der Waals surface area contributed by atoms with E-state index in [0.717, 1.165) is 15.6 Å². The minimum Gasteiger partial charge on any atom is -0.495 e. The van der Waals surface area contributed by atoms with Crippen LogP contribution in [0.2, 0.25) is 0 Å². The SMILES string of the molecule is COc1ccccc1NC(=O)Cc1csc(SCC(=O)Nc2ccc(C)cc2)n1. The van der Waals surface area contributed by atoms with Crippen LogP contribution in [0.15, 0.2) is 58.3 Å². The van der Waals surface area contributed by atoms with Gasteiger partial charge >= 0.3 is 0 Å². The number of thiazole rings is 1. The van der Waals surface area contributed by atoms with Gasteiger partial charge in [0.2, 0.25) is 11.8 Å². The highest BCUT2D eigenvalue weighted by atomic mass is 32.2. The number of aryl methyl sites for hydroxylation is 1. The third-order valence-electron chi connectivity index (χ3n) is 3.92. The van der Waals surface area contributed by atoms with Gasteiger partial charge in [-0.2, -0.15) is 0 Å². The summed E-state index contributed by atoms with van der Waals surface area (Å²) in [5.74, 6) is 0.599. The quantitative estimate of drug-likeness (QED) is 0.522. The van der Waals surface area contributed by atoms with Gasteiger partial charge in [0, 0.05) is 11.1 Å². The minimum atomic E-state index is -0.173. The Hall–Kier alpha value is -2.84. The molecule has 2 aromatic carbocycles. The van der Waals surface area contributed by atoms with Gasteiger partial charge in [0.1, 0.15) is 5.75 Å². The summed E-state index contributed by atoms with van der Waals surface area (Å²) in [5.41, 5.74) is 3.21. The Morgan fingerprint density at radius 1 is 1.07 bits per heavy atom. The van der Waals surface area contributed by atoms with Crippen LogP contribution in [-0.4, -0.2) is 29.7 Å². The highest BCUT2D eigenvalue weighted by Gasteiger charge is 2.12. The van der Waals surface area contributed by atoms with Crippen LogP contribution in [0.4, 0.5) is 11.4 Å². The van der Waals surface area contributed by atoms with Gasteiger partial charge in [0.05, 0.1) is 30.7 Å². The monoisotopic (exact) mass is 427 g/mol. The Labute approximate surface area is 177 Å². The Morgan fingerprint density at radius 2 is 1.83 bits per heavy atom. The van der Waals surface area contributed by atoms with Crippen LogP contribution in [-0.2, 0) is 16.0 Å².